The third-order valence-corrected chi connectivity index (χ3v) is 6.29. The van der Waals surface area contributed by atoms with Crippen molar-refractivity contribution in [1.29, 1.82) is 0 Å². The van der Waals surface area contributed by atoms with Crippen LogP contribution in [-0.2, 0) is 29.1 Å². The molecule has 1 aliphatic heterocycles. The van der Waals surface area contributed by atoms with Gasteiger partial charge in [-0.15, -0.1) is 0 Å². The van der Waals surface area contributed by atoms with Gasteiger partial charge in [0.25, 0.3) is 5.91 Å². The van der Waals surface area contributed by atoms with Crippen molar-refractivity contribution >= 4 is 28.0 Å². The van der Waals surface area contributed by atoms with Crippen molar-refractivity contribution in [2.45, 2.75) is 37.6 Å². The minimum Gasteiger partial charge on any atom is -0.452 e. The molecule has 1 saturated heterocycles. The van der Waals surface area contributed by atoms with Crippen LogP contribution in [0.3, 0.4) is 0 Å². The second-order valence-electron chi connectivity index (χ2n) is 6.78. The van der Waals surface area contributed by atoms with Crippen LogP contribution in [0.5, 0.6) is 0 Å². The number of hydrogen-bond donors (Lipinski definition) is 1. The van der Waals surface area contributed by atoms with Crippen molar-refractivity contribution < 1.29 is 27.5 Å². The van der Waals surface area contributed by atoms with E-state index >= 15 is 0 Å². The molecule has 0 unspecified atom stereocenters. The van der Waals surface area contributed by atoms with Gasteiger partial charge in [0.1, 0.15) is 0 Å². The van der Waals surface area contributed by atoms with Crippen LogP contribution in [0.4, 0.5) is 0 Å². The number of carbonyl (C=O) groups excluding carboxylic acids is 2. The third kappa shape index (κ3) is 7.26. The van der Waals surface area contributed by atoms with E-state index in [9.17, 15) is 18.0 Å². The number of nitrogens with zero attached hydrogens (tertiary/aromatic N) is 1. The lowest BCUT2D eigenvalue weighted by molar-refractivity contribution is -0.144. The van der Waals surface area contributed by atoms with Crippen molar-refractivity contribution in [3.8, 4) is 0 Å². The van der Waals surface area contributed by atoms with Gasteiger partial charge in [0.2, 0.25) is 10.0 Å². The summed E-state index contributed by atoms with van der Waals surface area (Å²) in [7, 11) is -3.55. The first-order chi connectivity index (χ1) is 13.8. The fourth-order valence-corrected chi connectivity index (χ4v) is 4.27. The van der Waals surface area contributed by atoms with Crippen LogP contribution in [0.2, 0.25) is 0 Å². The molecule has 9 heteroatoms. The number of carbonyl (C=O) groups is 2. The molecule has 29 heavy (non-hydrogen) atoms. The van der Waals surface area contributed by atoms with E-state index in [4.69, 9.17) is 9.47 Å². The summed E-state index contributed by atoms with van der Waals surface area (Å²) in [6, 6.07) is 6.25. The molecule has 0 aliphatic carbocycles. The molecule has 1 heterocycles. The van der Waals surface area contributed by atoms with Gasteiger partial charge >= 0.3 is 5.97 Å². The first-order valence-electron chi connectivity index (χ1n) is 9.65. The zero-order valence-corrected chi connectivity index (χ0v) is 17.6. The normalized spacial score (nSPS) is 16.5. The fourth-order valence-electron chi connectivity index (χ4n) is 2.86. The number of sulfonamides is 1. The lowest BCUT2D eigenvalue weighted by Crippen LogP contribution is -2.40. The molecule has 1 aliphatic rings. The smallest absolute Gasteiger partial charge is 0.331 e. The van der Waals surface area contributed by atoms with Crippen molar-refractivity contribution in [1.82, 2.24) is 9.62 Å². The molecule has 1 N–H and O–H groups in total. The second-order valence-corrected chi connectivity index (χ2v) is 8.72. The summed E-state index contributed by atoms with van der Waals surface area (Å²) in [5.74, 6) is -0.987. The van der Waals surface area contributed by atoms with E-state index < -0.39 is 16.0 Å². The molecule has 1 amide bonds. The van der Waals surface area contributed by atoms with E-state index in [0.29, 0.717) is 31.9 Å². The van der Waals surface area contributed by atoms with E-state index in [0.717, 1.165) is 12.8 Å². The Hall–Kier alpha value is -2.23. The number of morpholine rings is 1. The Morgan fingerprint density at radius 3 is 2.52 bits per heavy atom. The number of nitrogens with one attached hydrogen (secondary N) is 1. The van der Waals surface area contributed by atoms with E-state index in [-0.39, 0.29) is 23.5 Å². The molecule has 1 atom stereocenters. The summed E-state index contributed by atoms with van der Waals surface area (Å²) in [6.45, 7) is 5.02. The molecule has 0 saturated carbocycles. The highest BCUT2D eigenvalue weighted by molar-refractivity contribution is 7.89. The van der Waals surface area contributed by atoms with Crippen LogP contribution < -0.4 is 5.32 Å². The summed E-state index contributed by atoms with van der Waals surface area (Å²) in [4.78, 5) is 23.6. The minimum atomic E-state index is -3.55. The maximum absolute atomic E-state index is 12.6. The molecule has 160 valence electrons. The molecule has 1 aromatic carbocycles. The molecule has 0 spiro atoms. The maximum Gasteiger partial charge on any atom is 0.331 e. The summed E-state index contributed by atoms with van der Waals surface area (Å²) < 4.78 is 36.6. The van der Waals surface area contributed by atoms with Gasteiger partial charge in [0, 0.05) is 25.2 Å². The van der Waals surface area contributed by atoms with Crippen LogP contribution in [0.25, 0.3) is 6.08 Å². The lowest BCUT2D eigenvalue weighted by atomic mass is 10.2. The third-order valence-electron chi connectivity index (χ3n) is 4.37. The topological polar surface area (TPSA) is 102 Å². The molecule has 1 aromatic rings. The van der Waals surface area contributed by atoms with Crippen LogP contribution in [0, 0.1) is 0 Å². The number of rotatable bonds is 9. The highest BCUT2D eigenvalue weighted by Crippen LogP contribution is 2.18. The van der Waals surface area contributed by atoms with Gasteiger partial charge in [-0.25, -0.2) is 13.2 Å². The van der Waals surface area contributed by atoms with E-state index in [1.807, 2.05) is 13.8 Å². The molecule has 0 radical (unpaired) electrons. The van der Waals surface area contributed by atoms with Crippen LogP contribution in [0.1, 0.15) is 32.3 Å². The van der Waals surface area contributed by atoms with Gasteiger partial charge in [-0.2, -0.15) is 4.31 Å². The molecule has 8 nitrogen and oxygen atoms in total. The van der Waals surface area contributed by atoms with E-state index in [1.54, 1.807) is 12.1 Å². The standard InChI is InChI=1S/C20H28N2O6S/c1-3-4-16(2)21-19(23)15-28-20(24)10-7-17-5-8-18(9-6-17)29(25,26)22-11-13-27-14-12-22/h5-10,16H,3-4,11-15H2,1-2H3,(H,21,23)/b10-7+/t16-/m0/s1. The first kappa shape index (κ1) is 23.1. The SMILES string of the molecule is CCC[C@H](C)NC(=O)COC(=O)/C=C/c1ccc(S(=O)(=O)N2CCOCC2)cc1. The van der Waals surface area contributed by atoms with Crippen molar-refractivity contribution in [3.05, 3.63) is 35.9 Å². The van der Waals surface area contributed by atoms with Crippen molar-refractivity contribution in [2.24, 2.45) is 0 Å². The van der Waals surface area contributed by atoms with Crippen molar-refractivity contribution in [3.63, 3.8) is 0 Å². The monoisotopic (exact) mass is 424 g/mol. The predicted octanol–water partition coefficient (Wildman–Crippen LogP) is 1.57. The van der Waals surface area contributed by atoms with E-state index in [1.165, 1.54) is 28.6 Å². The number of ether oxygens (including phenoxy) is 2. The average molecular weight is 425 g/mol. The zero-order valence-electron chi connectivity index (χ0n) is 16.8. The fraction of sp³-hybridized carbons (Fsp3) is 0.500. The quantitative estimate of drug-likeness (QED) is 0.477. The van der Waals surface area contributed by atoms with Gasteiger partial charge in [-0.3, -0.25) is 4.79 Å². The molecule has 0 aromatic heterocycles. The number of hydrogen-bond acceptors (Lipinski definition) is 6. The predicted molar refractivity (Wildman–Crippen MR) is 109 cm³/mol. The van der Waals surface area contributed by atoms with Crippen LogP contribution in [0.15, 0.2) is 35.2 Å². The molecule has 2 rings (SSSR count). The summed E-state index contributed by atoms with van der Waals surface area (Å²) in [6.07, 6.45) is 4.52. The Bertz CT molecular complexity index is 814. The highest BCUT2D eigenvalue weighted by atomic mass is 32.2. The van der Waals surface area contributed by atoms with E-state index in [2.05, 4.69) is 5.32 Å². The number of esters is 1. The zero-order chi connectivity index (χ0) is 21.3. The molecule has 1 fully saturated rings. The largest absolute Gasteiger partial charge is 0.452 e. The average Bonchev–Trinajstić information content (AvgIpc) is 2.72. The summed E-state index contributed by atoms with van der Waals surface area (Å²) in [5, 5.41) is 2.75. The lowest BCUT2D eigenvalue weighted by Gasteiger charge is -2.26. The van der Waals surface area contributed by atoms with Crippen LogP contribution >= 0.6 is 0 Å². The Morgan fingerprint density at radius 1 is 1.24 bits per heavy atom. The van der Waals surface area contributed by atoms with Gasteiger partial charge in [0.05, 0.1) is 18.1 Å². The Morgan fingerprint density at radius 2 is 1.90 bits per heavy atom. The molecule has 0 bridgehead atoms. The van der Waals surface area contributed by atoms with Crippen molar-refractivity contribution in [2.75, 3.05) is 32.9 Å². The summed E-state index contributed by atoms with van der Waals surface area (Å²) >= 11 is 0. The Kier molecular flexibility index (Phi) is 8.81. The minimum absolute atomic E-state index is 0.0361. The maximum atomic E-state index is 12.6. The Balaban J connectivity index is 1.86. The van der Waals surface area contributed by atoms with Gasteiger partial charge in [0.15, 0.2) is 6.61 Å². The van der Waals surface area contributed by atoms with Crippen LogP contribution in [-0.4, -0.2) is 63.6 Å². The molecular weight excluding hydrogens is 396 g/mol. The highest BCUT2D eigenvalue weighted by Gasteiger charge is 2.25. The number of amides is 1. The van der Waals surface area contributed by atoms with Gasteiger partial charge in [-0.1, -0.05) is 25.5 Å². The first-order valence-corrected chi connectivity index (χ1v) is 11.1. The van der Waals surface area contributed by atoms with Gasteiger partial charge < -0.3 is 14.8 Å². The van der Waals surface area contributed by atoms with Gasteiger partial charge in [-0.05, 0) is 37.1 Å². The second kappa shape index (κ2) is 11.1. The summed E-state index contributed by atoms with van der Waals surface area (Å²) in [5.41, 5.74) is 0.642. The molecular formula is C20H28N2O6S. The number of benzene rings is 1. The Labute approximate surface area is 171 Å².